The third kappa shape index (κ3) is 1.99. The molecule has 0 aromatic heterocycles. The van der Waals surface area contributed by atoms with Gasteiger partial charge in [0.1, 0.15) is 6.10 Å². The molecule has 1 saturated heterocycles. The zero-order valence-corrected chi connectivity index (χ0v) is 6.13. The Balaban J connectivity index is 2.17. The molecule has 0 aromatic carbocycles. The van der Waals surface area contributed by atoms with Crippen molar-refractivity contribution in [2.75, 3.05) is 13.2 Å². The summed E-state index contributed by atoms with van der Waals surface area (Å²) in [5, 5.41) is 0. The van der Waals surface area contributed by atoms with Gasteiger partial charge in [0.2, 0.25) is 0 Å². The van der Waals surface area contributed by atoms with Crippen molar-refractivity contribution in [3.8, 4) is 0 Å². The predicted molar refractivity (Wildman–Crippen MR) is 35.6 cm³/mol. The van der Waals surface area contributed by atoms with Gasteiger partial charge in [-0.15, -0.1) is 0 Å². The van der Waals surface area contributed by atoms with Crippen LogP contribution in [-0.2, 0) is 14.3 Å². The smallest absolute Gasteiger partial charge is 0.305 e. The Hall–Kier alpha value is -0.570. The van der Waals surface area contributed by atoms with Crippen LogP contribution < -0.4 is 0 Å². The lowest BCUT2D eigenvalue weighted by atomic mass is 10.3. The lowest BCUT2D eigenvalue weighted by Crippen LogP contribution is -2.16. The third-order valence-electron chi connectivity index (χ3n) is 1.47. The summed E-state index contributed by atoms with van der Waals surface area (Å²) in [5.41, 5.74) is 0. The second-order valence-electron chi connectivity index (χ2n) is 2.33. The minimum absolute atomic E-state index is 0.0208. The first kappa shape index (κ1) is 7.54. The Bertz CT molecular complexity index is 116. The fourth-order valence-corrected chi connectivity index (χ4v) is 0.875. The van der Waals surface area contributed by atoms with Gasteiger partial charge in [-0.05, 0) is 0 Å². The first-order valence-corrected chi connectivity index (χ1v) is 3.60. The van der Waals surface area contributed by atoms with Crippen LogP contribution in [0.15, 0.2) is 0 Å². The van der Waals surface area contributed by atoms with E-state index in [4.69, 9.17) is 9.47 Å². The van der Waals surface area contributed by atoms with Crippen LogP contribution in [0.2, 0.25) is 0 Å². The van der Waals surface area contributed by atoms with Gasteiger partial charge in [0.05, 0.1) is 13.2 Å². The van der Waals surface area contributed by atoms with E-state index in [1.54, 1.807) is 6.92 Å². The standard InChI is InChI=1S/C7H12O3/c1-2-7(8)10-6-3-4-9-5-6/h6H,2-5H2,1H3/t6-/m0/s1. The van der Waals surface area contributed by atoms with Crippen LogP contribution in [0.3, 0.4) is 0 Å². The van der Waals surface area contributed by atoms with E-state index in [1.165, 1.54) is 0 Å². The molecule has 1 rings (SSSR count). The van der Waals surface area contributed by atoms with Crippen LogP contribution in [-0.4, -0.2) is 25.3 Å². The molecule has 0 N–H and O–H groups in total. The molecule has 0 unspecified atom stereocenters. The van der Waals surface area contributed by atoms with Gasteiger partial charge in [-0.1, -0.05) is 6.92 Å². The Morgan fingerprint density at radius 1 is 1.80 bits per heavy atom. The zero-order valence-electron chi connectivity index (χ0n) is 6.13. The number of carbonyl (C=O) groups excluding carboxylic acids is 1. The molecule has 1 heterocycles. The maximum Gasteiger partial charge on any atom is 0.305 e. The minimum Gasteiger partial charge on any atom is -0.460 e. The zero-order chi connectivity index (χ0) is 7.40. The van der Waals surface area contributed by atoms with Crippen LogP contribution >= 0.6 is 0 Å². The average Bonchev–Trinajstić information content (AvgIpc) is 2.40. The molecule has 1 aliphatic rings. The lowest BCUT2D eigenvalue weighted by molar-refractivity contribution is -0.148. The van der Waals surface area contributed by atoms with Gasteiger partial charge >= 0.3 is 5.97 Å². The quantitative estimate of drug-likeness (QED) is 0.536. The molecule has 1 fully saturated rings. The van der Waals surface area contributed by atoms with E-state index in [0.717, 1.165) is 13.0 Å². The molecule has 0 aromatic rings. The van der Waals surface area contributed by atoms with Crippen LogP contribution in [0.1, 0.15) is 19.8 Å². The highest BCUT2D eigenvalue weighted by Gasteiger charge is 2.18. The Labute approximate surface area is 60.3 Å². The van der Waals surface area contributed by atoms with Crippen LogP contribution in [0, 0.1) is 0 Å². The molecule has 0 saturated carbocycles. The summed E-state index contributed by atoms with van der Waals surface area (Å²) in [6.07, 6.45) is 1.33. The van der Waals surface area contributed by atoms with Crippen molar-refractivity contribution in [1.29, 1.82) is 0 Å². The first-order chi connectivity index (χ1) is 4.83. The summed E-state index contributed by atoms with van der Waals surface area (Å²) in [5.74, 6) is -0.129. The Kier molecular flexibility index (Phi) is 2.68. The monoisotopic (exact) mass is 144 g/mol. The van der Waals surface area contributed by atoms with E-state index in [9.17, 15) is 4.79 Å². The second-order valence-corrected chi connectivity index (χ2v) is 2.33. The SMILES string of the molecule is CCC(=O)O[C@H]1CCOC1. The number of ether oxygens (including phenoxy) is 2. The average molecular weight is 144 g/mol. The molecule has 0 radical (unpaired) electrons. The Morgan fingerprint density at radius 3 is 3.10 bits per heavy atom. The fraction of sp³-hybridized carbons (Fsp3) is 0.857. The van der Waals surface area contributed by atoms with Crippen molar-refractivity contribution >= 4 is 5.97 Å². The van der Waals surface area contributed by atoms with Crippen molar-refractivity contribution in [1.82, 2.24) is 0 Å². The summed E-state index contributed by atoms with van der Waals surface area (Å²) in [6.45, 7) is 3.09. The number of esters is 1. The molecule has 3 nitrogen and oxygen atoms in total. The molecule has 10 heavy (non-hydrogen) atoms. The first-order valence-electron chi connectivity index (χ1n) is 3.60. The summed E-state index contributed by atoms with van der Waals surface area (Å²) in [7, 11) is 0. The molecule has 0 aliphatic carbocycles. The Morgan fingerprint density at radius 2 is 2.60 bits per heavy atom. The summed E-state index contributed by atoms with van der Waals surface area (Å²) < 4.78 is 10.0. The predicted octanol–water partition coefficient (Wildman–Crippen LogP) is 0.728. The van der Waals surface area contributed by atoms with Crippen LogP contribution in [0.25, 0.3) is 0 Å². The lowest BCUT2D eigenvalue weighted by Gasteiger charge is -2.07. The maximum absolute atomic E-state index is 10.7. The summed E-state index contributed by atoms with van der Waals surface area (Å²) >= 11 is 0. The van der Waals surface area contributed by atoms with E-state index in [-0.39, 0.29) is 12.1 Å². The van der Waals surface area contributed by atoms with Gasteiger partial charge in [-0.25, -0.2) is 0 Å². The van der Waals surface area contributed by atoms with Gasteiger partial charge in [-0.3, -0.25) is 4.79 Å². The van der Waals surface area contributed by atoms with E-state index in [0.29, 0.717) is 13.0 Å². The highest BCUT2D eigenvalue weighted by atomic mass is 16.6. The van der Waals surface area contributed by atoms with Gasteiger partial charge in [-0.2, -0.15) is 0 Å². The van der Waals surface area contributed by atoms with Crippen LogP contribution in [0.5, 0.6) is 0 Å². The number of carbonyl (C=O) groups is 1. The second kappa shape index (κ2) is 3.56. The molecular weight excluding hydrogens is 132 g/mol. The molecule has 1 atom stereocenters. The fourth-order valence-electron chi connectivity index (χ4n) is 0.875. The van der Waals surface area contributed by atoms with Crippen molar-refractivity contribution in [3.05, 3.63) is 0 Å². The van der Waals surface area contributed by atoms with E-state index >= 15 is 0 Å². The minimum atomic E-state index is -0.129. The van der Waals surface area contributed by atoms with Gasteiger partial charge in [0.15, 0.2) is 0 Å². The van der Waals surface area contributed by atoms with Crippen LogP contribution in [0.4, 0.5) is 0 Å². The van der Waals surface area contributed by atoms with E-state index < -0.39 is 0 Å². The van der Waals surface area contributed by atoms with Gasteiger partial charge < -0.3 is 9.47 Å². The van der Waals surface area contributed by atoms with Gasteiger partial charge in [0, 0.05) is 12.8 Å². The van der Waals surface area contributed by atoms with E-state index in [2.05, 4.69) is 0 Å². The number of hydrogen-bond donors (Lipinski definition) is 0. The molecular formula is C7H12O3. The molecule has 0 amide bonds. The summed E-state index contributed by atoms with van der Waals surface area (Å²) in [6, 6.07) is 0. The summed E-state index contributed by atoms with van der Waals surface area (Å²) in [4.78, 5) is 10.7. The largest absolute Gasteiger partial charge is 0.460 e. The topological polar surface area (TPSA) is 35.5 Å². The molecule has 58 valence electrons. The number of rotatable bonds is 2. The van der Waals surface area contributed by atoms with Crippen molar-refractivity contribution in [3.63, 3.8) is 0 Å². The van der Waals surface area contributed by atoms with Crippen molar-refractivity contribution in [2.45, 2.75) is 25.9 Å². The highest BCUT2D eigenvalue weighted by molar-refractivity contribution is 5.69. The van der Waals surface area contributed by atoms with Crippen molar-refractivity contribution < 1.29 is 14.3 Å². The third-order valence-corrected chi connectivity index (χ3v) is 1.47. The number of hydrogen-bond acceptors (Lipinski definition) is 3. The maximum atomic E-state index is 10.7. The normalized spacial score (nSPS) is 24.7. The van der Waals surface area contributed by atoms with Crippen molar-refractivity contribution in [2.24, 2.45) is 0 Å². The highest BCUT2D eigenvalue weighted by Crippen LogP contribution is 2.08. The van der Waals surface area contributed by atoms with Gasteiger partial charge in [0.25, 0.3) is 0 Å². The molecule has 1 aliphatic heterocycles. The van der Waals surface area contributed by atoms with E-state index in [1.807, 2.05) is 0 Å². The molecule has 3 heteroatoms. The molecule has 0 spiro atoms. The molecule has 0 bridgehead atoms.